The van der Waals surface area contributed by atoms with Gasteiger partial charge in [0.1, 0.15) is 6.17 Å². The molecule has 5 heteroatoms. The van der Waals surface area contributed by atoms with E-state index < -0.39 is 0 Å². The number of aromatic hydroxyl groups is 2. The molecular weight excluding hydrogens is 302 g/mol. The molecule has 2 heterocycles. The number of benzene rings is 2. The Labute approximate surface area is 140 Å². The molecule has 5 nitrogen and oxygen atoms in total. The van der Waals surface area contributed by atoms with Crippen molar-refractivity contribution < 1.29 is 10.2 Å². The highest BCUT2D eigenvalue weighted by Crippen LogP contribution is 2.42. The molecule has 4 rings (SSSR count). The summed E-state index contributed by atoms with van der Waals surface area (Å²) < 4.78 is 1.93. The second-order valence-electron chi connectivity index (χ2n) is 6.41. The van der Waals surface area contributed by atoms with Crippen LogP contribution in [-0.2, 0) is 0 Å². The highest BCUT2D eigenvalue weighted by atomic mass is 16.3. The zero-order chi connectivity index (χ0) is 17.0. The molecule has 0 aliphatic carbocycles. The van der Waals surface area contributed by atoms with Gasteiger partial charge < -0.3 is 15.5 Å². The molecule has 24 heavy (non-hydrogen) atoms. The summed E-state index contributed by atoms with van der Waals surface area (Å²) in [6, 6.07) is 11.2. The van der Waals surface area contributed by atoms with Gasteiger partial charge in [0.2, 0.25) is 0 Å². The summed E-state index contributed by atoms with van der Waals surface area (Å²) in [6.07, 6.45) is -0.242. The van der Waals surface area contributed by atoms with Crippen molar-refractivity contribution in [3.05, 3.63) is 58.8 Å². The Hall–Kier alpha value is -2.95. The molecule has 3 N–H and O–H groups in total. The SMILES string of the molecule is Cc1cc(C)c2c(c1)-c1cc(C)nn1C(c1ccc(O)c(O)c1)N2. The largest absolute Gasteiger partial charge is 0.504 e. The molecule has 122 valence electrons. The van der Waals surface area contributed by atoms with E-state index in [9.17, 15) is 10.2 Å². The van der Waals surface area contributed by atoms with Crippen molar-refractivity contribution in [3.8, 4) is 22.8 Å². The molecular formula is C19H19N3O2. The summed E-state index contributed by atoms with van der Waals surface area (Å²) >= 11 is 0. The predicted molar refractivity (Wildman–Crippen MR) is 93.4 cm³/mol. The van der Waals surface area contributed by atoms with Crippen molar-refractivity contribution in [1.82, 2.24) is 9.78 Å². The zero-order valence-electron chi connectivity index (χ0n) is 13.8. The van der Waals surface area contributed by atoms with Crippen LogP contribution in [0.3, 0.4) is 0 Å². The van der Waals surface area contributed by atoms with E-state index in [1.165, 1.54) is 17.2 Å². The minimum Gasteiger partial charge on any atom is -0.504 e. The van der Waals surface area contributed by atoms with Gasteiger partial charge in [-0.25, -0.2) is 4.68 Å². The minimum absolute atomic E-state index is 0.126. The normalized spacial score (nSPS) is 15.5. The van der Waals surface area contributed by atoms with Gasteiger partial charge in [-0.3, -0.25) is 0 Å². The third kappa shape index (κ3) is 2.12. The lowest BCUT2D eigenvalue weighted by molar-refractivity contribution is 0.402. The highest BCUT2D eigenvalue weighted by molar-refractivity contribution is 5.82. The number of aryl methyl sites for hydroxylation is 3. The van der Waals surface area contributed by atoms with Gasteiger partial charge >= 0.3 is 0 Å². The lowest BCUT2D eigenvalue weighted by Crippen LogP contribution is -2.26. The summed E-state index contributed by atoms with van der Waals surface area (Å²) in [5.41, 5.74) is 7.40. The van der Waals surface area contributed by atoms with E-state index in [0.717, 1.165) is 28.2 Å². The molecule has 3 aromatic rings. The molecule has 1 atom stereocenters. The number of anilines is 1. The summed E-state index contributed by atoms with van der Waals surface area (Å²) in [6.45, 7) is 6.15. The third-order valence-electron chi connectivity index (χ3n) is 4.45. The quantitative estimate of drug-likeness (QED) is 0.595. The smallest absolute Gasteiger partial charge is 0.157 e. The number of rotatable bonds is 1. The zero-order valence-corrected chi connectivity index (χ0v) is 13.8. The standard InChI is InChI=1S/C19H19N3O2/c1-10-6-11(2)18-14(7-10)15-8-12(3)21-22(15)19(20-18)13-4-5-16(23)17(24)9-13/h4-9,19-20,23-24H,1-3H3. The molecule has 0 saturated heterocycles. The molecule has 0 radical (unpaired) electrons. The van der Waals surface area contributed by atoms with Gasteiger partial charge in [-0.15, -0.1) is 0 Å². The van der Waals surface area contributed by atoms with Gasteiger partial charge in [0.25, 0.3) is 0 Å². The fraction of sp³-hybridized carbons (Fsp3) is 0.211. The number of nitrogens with one attached hydrogen (secondary N) is 1. The summed E-state index contributed by atoms with van der Waals surface area (Å²) in [5.74, 6) is -0.259. The van der Waals surface area contributed by atoms with Crippen LogP contribution in [0.5, 0.6) is 11.5 Å². The van der Waals surface area contributed by atoms with Gasteiger partial charge in [0, 0.05) is 16.8 Å². The number of fused-ring (bicyclic) bond motifs is 3. The highest BCUT2D eigenvalue weighted by Gasteiger charge is 2.28. The molecule has 1 unspecified atom stereocenters. The fourth-order valence-electron chi connectivity index (χ4n) is 3.41. The van der Waals surface area contributed by atoms with Gasteiger partial charge in [0.05, 0.1) is 11.4 Å². The van der Waals surface area contributed by atoms with Crippen LogP contribution in [0.25, 0.3) is 11.3 Å². The Morgan fingerprint density at radius 1 is 1.00 bits per heavy atom. The Morgan fingerprint density at radius 2 is 1.79 bits per heavy atom. The molecule has 1 aliphatic heterocycles. The van der Waals surface area contributed by atoms with Crippen LogP contribution in [0.15, 0.2) is 36.4 Å². The van der Waals surface area contributed by atoms with E-state index >= 15 is 0 Å². The molecule has 0 fully saturated rings. The molecule has 0 amide bonds. The molecule has 0 bridgehead atoms. The fourth-order valence-corrected chi connectivity index (χ4v) is 3.41. The number of nitrogens with zero attached hydrogens (tertiary/aromatic N) is 2. The average Bonchev–Trinajstić information content (AvgIpc) is 2.91. The lowest BCUT2D eigenvalue weighted by atomic mass is 9.98. The third-order valence-corrected chi connectivity index (χ3v) is 4.45. The van der Waals surface area contributed by atoms with Crippen LogP contribution >= 0.6 is 0 Å². The minimum atomic E-state index is -0.242. The number of hydrogen-bond acceptors (Lipinski definition) is 4. The van der Waals surface area contributed by atoms with Gasteiger partial charge in [-0.05, 0) is 50.6 Å². The lowest BCUT2D eigenvalue weighted by Gasteiger charge is -2.30. The Kier molecular flexibility index (Phi) is 3.06. The summed E-state index contributed by atoms with van der Waals surface area (Å²) in [4.78, 5) is 0. The molecule has 1 aromatic heterocycles. The van der Waals surface area contributed by atoms with E-state index in [-0.39, 0.29) is 17.7 Å². The van der Waals surface area contributed by atoms with Gasteiger partial charge in [0.15, 0.2) is 11.5 Å². The average molecular weight is 321 g/mol. The first kappa shape index (κ1) is 14.6. The number of phenols is 2. The first-order chi connectivity index (χ1) is 11.4. The van der Waals surface area contributed by atoms with Crippen molar-refractivity contribution in [3.63, 3.8) is 0 Å². The second kappa shape index (κ2) is 5.03. The van der Waals surface area contributed by atoms with E-state index in [4.69, 9.17) is 0 Å². The number of hydrogen-bond donors (Lipinski definition) is 3. The number of aromatic nitrogens is 2. The van der Waals surface area contributed by atoms with Crippen LogP contribution in [0.2, 0.25) is 0 Å². The van der Waals surface area contributed by atoms with E-state index in [0.29, 0.717) is 0 Å². The Morgan fingerprint density at radius 3 is 2.54 bits per heavy atom. The van der Waals surface area contributed by atoms with Crippen molar-refractivity contribution in [2.24, 2.45) is 0 Å². The van der Waals surface area contributed by atoms with Crippen LogP contribution in [0, 0.1) is 20.8 Å². The van der Waals surface area contributed by atoms with Crippen molar-refractivity contribution >= 4 is 5.69 Å². The van der Waals surface area contributed by atoms with E-state index in [1.54, 1.807) is 12.1 Å². The van der Waals surface area contributed by atoms with Crippen molar-refractivity contribution in [1.29, 1.82) is 0 Å². The second-order valence-corrected chi connectivity index (χ2v) is 6.41. The van der Waals surface area contributed by atoms with Gasteiger partial charge in [-0.1, -0.05) is 17.7 Å². The van der Waals surface area contributed by atoms with E-state index in [1.807, 2.05) is 11.6 Å². The monoisotopic (exact) mass is 321 g/mol. The molecule has 2 aromatic carbocycles. The Bertz CT molecular complexity index is 959. The Balaban J connectivity index is 1.93. The molecule has 0 saturated carbocycles. The molecule has 0 spiro atoms. The maximum Gasteiger partial charge on any atom is 0.157 e. The number of phenolic OH excluding ortho intramolecular Hbond substituents is 2. The maximum absolute atomic E-state index is 9.86. The van der Waals surface area contributed by atoms with Crippen LogP contribution in [0.4, 0.5) is 5.69 Å². The first-order valence-electron chi connectivity index (χ1n) is 7.90. The van der Waals surface area contributed by atoms with Crippen LogP contribution in [-0.4, -0.2) is 20.0 Å². The first-order valence-corrected chi connectivity index (χ1v) is 7.90. The van der Waals surface area contributed by atoms with Gasteiger partial charge in [-0.2, -0.15) is 5.10 Å². The topological polar surface area (TPSA) is 70.3 Å². The van der Waals surface area contributed by atoms with Crippen molar-refractivity contribution in [2.75, 3.05) is 5.32 Å². The van der Waals surface area contributed by atoms with E-state index in [2.05, 4.69) is 42.5 Å². The van der Waals surface area contributed by atoms with Crippen LogP contribution < -0.4 is 5.32 Å². The van der Waals surface area contributed by atoms with Crippen LogP contribution in [0.1, 0.15) is 28.6 Å². The summed E-state index contributed by atoms with van der Waals surface area (Å²) in [7, 11) is 0. The maximum atomic E-state index is 9.86. The predicted octanol–water partition coefficient (Wildman–Crippen LogP) is 3.86. The van der Waals surface area contributed by atoms with Crippen molar-refractivity contribution in [2.45, 2.75) is 26.9 Å². The molecule has 1 aliphatic rings. The summed E-state index contributed by atoms with van der Waals surface area (Å²) in [5, 5.41) is 27.6.